The van der Waals surface area contributed by atoms with Crippen molar-refractivity contribution in [1.29, 1.82) is 0 Å². The molecule has 4 nitrogen and oxygen atoms in total. The molecular formula is C15H17BrN2O2. The molecule has 1 amide bonds. The van der Waals surface area contributed by atoms with Gasteiger partial charge >= 0.3 is 0 Å². The summed E-state index contributed by atoms with van der Waals surface area (Å²) >= 11 is 3.34. The van der Waals surface area contributed by atoms with Crippen LogP contribution < -0.4 is 0 Å². The van der Waals surface area contributed by atoms with Gasteiger partial charge in [0.25, 0.3) is 5.91 Å². The van der Waals surface area contributed by atoms with E-state index in [1.165, 1.54) is 6.26 Å². The number of halogens is 1. The topological polar surface area (TPSA) is 46.3 Å². The summed E-state index contributed by atoms with van der Waals surface area (Å²) < 4.78 is 5.97. The van der Waals surface area contributed by atoms with E-state index in [2.05, 4.69) is 27.8 Å². The lowest BCUT2D eigenvalue weighted by molar-refractivity contribution is 0.0648. The van der Waals surface area contributed by atoms with Crippen molar-refractivity contribution in [3.63, 3.8) is 0 Å². The van der Waals surface area contributed by atoms with Gasteiger partial charge in [-0.3, -0.25) is 9.78 Å². The molecule has 0 aliphatic heterocycles. The molecule has 20 heavy (non-hydrogen) atoms. The molecule has 0 radical (unpaired) electrons. The largest absolute Gasteiger partial charge is 0.458 e. The molecule has 106 valence electrons. The lowest BCUT2D eigenvalue weighted by atomic mass is 10.0. The van der Waals surface area contributed by atoms with Crippen LogP contribution in [-0.2, 0) is 0 Å². The molecule has 0 unspecified atom stereocenters. The number of amides is 1. The number of carbonyl (C=O) groups excluding carboxylic acids is 1. The number of hydrogen-bond donors (Lipinski definition) is 0. The first kappa shape index (κ1) is 14.8. The Morgan fingerprint density at radius 2 is 2.05 bits per heavy atom. The van der Waals surface area contributed by atoms with Gasteiger partial charge in [-0.2, -0.15) is 0 Å². The van der Waals surface area contributed by atoms with Crippen LogP contribution in [0, 0.1) is 0 Å². The van der Waals surface area contributed by atoms with Gasteiger partial charge in [0.15, 0.2) is 0 Å². The van der Waals surface area contributed by atoms with Crippen molar-refractivity contribution >= 4 is 21.8 Å². The Morgan fingerprint density at radius 1 is 1.35 bits per heavy atom. The summed E-state index contributed by atoms with van der Waals surface area (Å²) in [6.07, 6.45) is 5.85. The number of furan rings is 1. The van der Waals surface area contributed by atoms with Crippen molar-refractivity contribution in [2.45, 2.75) is 26.3 Å². The summed E-state index contributed by atoms with van der Waals surface area (Å²) in [4.78, 5) is 18.5. The molecule has 0 N–H and O–H groups in total. The van der Waals surface area contributed by atoms with E-state index in [1.807, 2.05) is 24.0 Å². The van der Waals surface area contributed by atoms with E-state index in [-0.39, 0.29) is 11.9 Å². The van der Waals surface area contributed by atoms with Crippen LogP contribution in [-0.4, -0.2) is 22.3 Å². The highest BCUT2D eigenvalue weighted by atomic mass is 79.9. The molecule has 2 aromatic heterocycles. The third-order valence-electron chi connectivity index (χ3n) is 3.27. The summed E-state index contributed by atoms with van der Waals surface area (Å²) in [5.41, 5.74) is 1.08. The van der Waals surface area contributed by atoms with E-state index in [1.54, 1.807) is 18.5 Å². The zero-order chi connectivity index (χ0) is 14.5. The zero-order valence-corrected chi connectivity index (χ0v) is 13.1. The molecule has 2 aromatic rings. The number of hydrogen-bond acceptors (Lipinski definition) is 3. The van der Waals surface area contributed by atoms with E-state index in [4.69, 9.17) is 4.42 Å². The highest BCUT2D eigenvalue weighted by Gasteiger charge is 2.26. The van der Waals surface area contributed by atoms with E-state index in [9.17, 15) is 4.79 Å². The Balaban J connectivity index is 2.31. The maximum atomic E-state index is 12.6. The van der Waals surface area contributed by atoms with E-state index >= 15 is 0 Å². The molecule has 0 fully saturated rings. The minimum atomic E-state index is -0.104. The molecule has 0 spiro atoms. The Hall–Kier alpha value is -1.62. The third kappa shape index (κ3) is 2.93. The fourth-order valence-corrected chi connectivity index (χ4v) is 2.67. The highest BCUT2D eigenvalue weighted by molar-refractivity contribution is 9.10. The smallest absolute Gasteiger partial charge is 0.291 e. The molecular weight excluding hydrogens is 320 g/mol. The van der Waals surface area contributed by atoms with E-state index in [0.29, 0.717) is 16.8 Å². The molecule has 0 aliphatic rings. The fraction of sp³-hybridized carbons (Fsp3) is 0.333. The van der Waals surface area contributed by atoms with Crippen molar-refractivity contribution < 1.29 is 9.21 Å². The normalized spacial score (nSPS) is 12.2. The van der Waals surface area contributed by atoms with Crippen LogP contribution in [0.4, 0.5) is 0 Å². The number of pyridine rings is 1. The molecule has 2 rings (SSSR count). The standard InChI is InChI=1S/C15H17BrN2O2/c1-3-13(11-5-8-17-9-6-11)18(4-2)15(19)14-12(16)7-10-20-14/h5-10,13H,3-4H2,1-2H3/t13-/m0/s1. The predicted molar refractivity (Wildman–Crippen MR) is 80.4 cm³/mol. The zero-order valence-electron chi connectivity index (χ0n) is 11.5. The van der Waals surface area contributed by atoms with Crippen molar-refractivity contribution in [3.8, 4) is 0 Å². The van der Waals surface area contributed by atoms with Gasteiger partial charge in [-0.15, -0.1) is 0 Å². The molecule has 0 bridgehead atoms. The maximum Gasteiger partial charge on any atom is 0.291 e. The summed E-state index contributed by atoms with van der Waals surface area (Å²) in [6, 6.07) is 5.64. The number of carbonyl (C=O) groups is 1. The maximum absolute atomic E-state index is 12.6. The van der Waals surface area contributed by atoms with Crippen molar-refractivity contribution in [1.82, 2.24) is 9.88 Å². The molecule has 1 atom stereocenters. The monoisotopic (exact) mass is 336 g/mol. The summed E-state index contributed by atoms with van der Waals surface area (Å²) in [7, 11) is 0. The van der Waals surface area contributed by atoms with Crippen LogP contribution in [0.25, 0.3) is 0 Å². The second kappa shape index (κ2) is 6.70. The first-order valence-corrected chi connectivity index (χ1v) is 7.42. The summed E-state index contributed by atoms with van der Waals surface area (Å²) in [5, 5.41) is 0. The lowest BCUT2D eigenvalue weighted by Gasteiger charge is -2.29. The quantitative estimate of drug-likeness (QED) is 0.827. The van der Waals surface area contributed by atoms with Crippen LogP contribution in [0.5, 0.6) is 0 Å². The van der Waals surface area contributed by atoms with E-state index < -0.39 is 0 Å². The Morgan fingerprint density at radius 3 is 2.55 bits per heavy atom. The number of rotatable bonds is 5. The van der Waals surface area contributed by atoms with Crippen molar-refractivity contribution in [2.75, 3.05) is 6.54 Å². The second-order valence-electron chi connectivity index (χ2n) is 4.39. The van der Waals surface area contributed by atoms with Gasteiger partial charge in [0, 0.05) is 18.9 Å². The Kier molecular flexibility index (Phi) is 4.95. The number of aromatic nitrogens is 1. The minimum absolute atomic E-state index is 0.0208. The van der Waals surface area contributed by atoms with Gasteiger partial charge in [-0.05, 0) is 53.0 Å². The number of nitrogens with zero attached hydrogens (tertiary/aromatic N) is 2. The van der Waals surface area contributed by atoms with Crippen LogP contribution in [0.1, 0.15) is 42.4 Å². The molecule has 0 saturated heterocycles. The van der Waals surface area contributed by atoms with Crippen molar-refractivity contribution in [2.24, 2.45) is 0 Å². The van der Waals surface area contributed by atoms with Gasteiger partial charge in [-0.1, -0.05) is 6.92 Å². The Labute approximate surface area is 126 Å². The van der Waals surface area contributed by atoms with Gasteiger partial charge in [0.1, 0.15) is 0 Å². The van der Waals surface area contributed by atoms with E-state index in [0.717, 1.165) is 12.0 Å². The first-order chi connectivity index (χ1) is 9.69. The SMILES string of the molecule is CC[C@@H](c1ccncc1)N(CC)C(=O)c1occc1Br. The van der Waals surface area contributed by atoms with Crippen molar-refractivity contribution in [3.05, 3.63) is 52.7 Å². The fourth-order valence-electron chi connectivity index (χ4n) is 2.30. The summed E-state index contributed by atoms with van der Waals surface area (Å²) in [6.45, 7) is 4.66. The minimum Gasteiger partial charge on any atom is -0.458 e. The Bertz CT molecular complexity index is 568. The summed E-state index contributed by atoms with van der Waals surface area (Å²) in [5.74, 6) is 0.243. The lowest BCUT2D eigenvalue weighted by Crippen LogP contribution is -2.34. The van der Waals surface area contributed by atoms with Crippen LogP contribution in [0.2, 0.25) is 0 Å². The van der Waals surface area contributed by atoms with Crippen LogP contribution in [0.3, 0.4) is 0 Å². The first-order valence-electron chi connectivity index (χ1n) is 6.62. The predicted octanol–water partition coefficient (Wildman–Crippen LogP) is 4.05. The average molecular weight is 337 g/mol. The van der Waals surface area contributed by atoms with Gasteiger partial charge in [-0.25, -0.2) is 0 Å². The third-order valence-corrected chi connectivity index (χ3v) is 3.89. The van der Waals surface area contributed by atoms with Gasteiger partial charge in [0.2, 0.25) is 5.76 Å². The van der Waals surface area contributed by atoms with Crippen LogP contribution in [0.15, 0.2) is 45.7 Å². The molecule has 0 aliphatic carbocycles. The van der Waals surface area contributed by atoms with Crippen LogP contribution >= 0.6 is 15.9 Å². The molecule has 2 heterocycles. The highest BCUT2D eigenvalue weighted by Crippen LogP contribution is 2.27. The molecule has 5 heteroatoms. The second-order valence-corrected chi connectivity index (χ2v) is 5.25. The van der Waals surface area contributed by atoms with Gasteiger partial charge in [0.05, 0.1) is 16.8 Å². The average Bonchev–Trinajstić information content (AvgIpc) is 2.91. The molecule has 0 aromatic carbocycles. The van der Waals surface area contributed by atoms with Gasteiger partial charge < -0.3 is 9.32 Å². The molecule has 0 saturated carbocycles.